The molecule has 0 N–H and O–H groups in total. The minimum atomic E-state index is -3.66. The Labute approximate surface area is 241 Å². The van der Waals surface area contributed by atoms with Crippen molar-refractivity contribution in [2.24, 2.45) is 0 Å². The lowest BCUT2D eigenvalue weighted by Crippen LogP contribution is -2.42. The van der Waals surface area contributed by atoms with E-state index in [2.05, 4.69) is 6.92 Å². The van der Waals surface area contributed by atoms with E-state index in [1.807, 2.05) is 36.4 Å². The molecule has 2 heterocycles. The number of hydrogen-bond acceptors (Lipinski definition) is 7. The highest BCUT2D eigenvalue weighted by atomic mass is 32.2. The van der Waals surface area contributed by atoms with Gasteiger partial charge < -0.3 is 23.8 Å². The van der Waals surface area contributed by atoms with Crippen molar-refractivity contribution in [2.45, 2.75) is 30.7 Å². The highest BCUT2D eigenvalue weighted by Crippen LogP contribution is 2.39. The molecule has 0 aromatic heterocycles. The average molecular weight is 581 g/mol. The molecule has 1 amide bonds. The first kappa shape index (κ1) is 28.9. The molecule has 218 valence electrons. The largest absolute Gasteiger partial charge is 0.493 e. The molecule has 9 nitrogen and oxygen atoms in total. The Bertz CT molecular complexity index is 1470. The number of aryl methyl sites for hydroxylation is 1. The number of carbonyl (C=O) groups is 1. The van der Waals surface area contributed by atoms with Gasteiger partial charge in [-0.05, 0) is 78.1 Å². The zero-order valence-electron chi connectivity index (χ0n) is 23.7. The highest BCUT2D eigenvalue weighted by Gasteiger charge is 2.34. The van der Waals surface area contributed by atoms with Gasteiger partial charge in [-0.25, -0.2) is 8.42 Å². The molecule has 5 rings (SSSR count). The number of rotatable bonds is 9. The number of carbonyl (C=O) groups excluding carboxylic acids is 1. The third-order valence-corrected chi connectivity index (χ3v) is 9.62. The number of nitrogens with zero attached hydrogens (tertiary/aromatic N) is 2. The van der Waals surface area contributed by atoms with Crippen molar-refractivity contribution in [3.8, 4) is 17.2 Å². The number of amides is 1. The Balaban J connectivity index is 1.43. The van der Waals surface area contributed by atoms with Gasteiger partial charge in [0.2, 0.25) is 10.0 Å². The number of benzene rings is 3. The number of morpholine rings is 1. The van der Waals surface area contributed by atoms with Gasteiger partial charge in [-0.2, -0.15) is 4.31 Å². The van der Waals surface area contributed by atoms with Crippen molar-refractivity contribution >= 4 is 15.9 Å². The van der Waals surface area contributed by atoms with Crippen LogP contribution in [0.2, 0.25) is 0 Å². The van der Waals surface area contributed by atoms with Crippen molar-refractivity contribution in [1.29, 1.82) is 0 Å². The molecule has 0 saturated carbocycles. The van der Waals surface area contributed by atoms with Crippen molar-refractivity contribution in [3.05, 3.63) is 82.9 Å². The molecule has 0 spiro atoms. The van der Waals surface area contributed by atoms with E-state index in [9.17, 15) is 13.2 Å². The van der Waals surface area contributed by atoms with Crippen LogP contribution in [0.1, 0.15) is 40.0 Å². The Kier molecular flexibility index (Phi) is 8.82. The Morgan fingerprint density at radius 1 is 0.927 bits per heavy atom. The maximum Gasteiger partial charge on any atom is 0.254 e. The second-order valence-corrected chi connectivity index (χ2v) is 12.0. The van der Waals surface area contributed by atoms with Crippen molar-refractivity contribution < 1.29 is 32.2 Å². The summed E-state index contributed by atoms with van der Waals surface area (Å²) in [5.41, 5.74) is 3.62. The van der Waals surface area contributed by atoms with Crippen LogP contribution < -0.4 is 14.2 Å². The van der Waals surface area contributed by atoms with E-state index in [0.29, 0.717) is 56.3 Å². The van der Waals surface area contributed by atoms with Crippen molar-refractivity contribution in [2.75, 3.05) is 53.7 Å². The van der Waals surface area contributed by atoms with Crippen LogP contribution in [0.25, 0.3) is 0 Å². The predicted molar refractivity (Wildman–Crippen MR) is 154 cm³/mol. The molecule has 41 heavy (non-hydrogen) atoms. The normalized spacial score (nSPS) is 17.5. The smallest absolute Gasteiger partial charge is 0.254 e. The van der Waals surface area contributed by atoms with Gasteiger partial charge in [-0.1, -0.05) is 19.1 Å². The van der Waals surface area contributed by atoms with Gasteiger partial charge in [-0.3, -0.25) is 4.79 Å². The third kappa shape index (κ3) is 6.05. The molecule has 0 aliphatic carbocycles. The van der Waals surface area contributed by atoms with E-state index in [1.165, 1.54) is 22.0 Å². The van der Waals surface area contributed by atoms with Crippen molar-refractivity contribution in [3.63, 3.8) is 0 Å². The van der Waals surface area contributed by atoms with E-state index in [0.717, 1.165) is 23.3 Å². The lowest BCUT2D eigenvalue weighted by Gasteiger charge is -2.37. The monoisotopic (exact) mass is 580 g/mol. The maximum absolute atomic E-state index is 13.9. The predicted octanol–water partition coefficient (Wildman–Crippen LogP) is 4.11. The summed E-state index contributed by atoms with van der Waals surface area (Å²) in [5.74, 6) is 1.74. The molecule has 1 fully saturated rings. The number of fused-ring (bicyclic) bond motifs is 1. The zero-order chi connectivity index (χ0) is 29.0. The molecule has 10 heteroatoms. The molecule has 0 unspecified atom stereocenters. The van der Waals surface area contributed by atoms with Crippen LogP contribution in [0.4, 0.5) is 0 Å². The van der Waals surface area contributed by atoms with Crippen LogP contribution >= 0.6 is 0 Å². The summed E-state index contributed by atoms with van der Waals surface area (Å²) in [6, 6.07) is 17.6. The molecular formula is C31H36N2O7S. The van der Waals surface area contributed by atoms with Crippen LogP contribution in [-0.4, -0.2) is 77.2 Å². The zero-order valence-corrected chi connectivity index (χ0v) is 24.5. The summed E-state index contributed by atoms with van der Waals surface area (Å²) in [4.78, 5) is 15.8. The lowest BCUT2D eigenvalue weighted by molar-refractivity contribution is 0.0589. The van der Waals surface area contributed by atoms with E-state index >= 15 is 0 Å². The van der Waals surface area contributed by atoms with Crippen molar-refractivity contribution in [1.82, 2.24) is 9.21 Å². The maximum atomic E-state index is 13.9. The van der Waals surface area contributed by atoms with E-state index in [-0.39, 0.29) is 17.4 Å². The van der Waals surface area contributed by atoms with Crippen LogP contribution in [0.5, 0.6) is 17.2 Å². The van der Waals surface area contributed by atoms with Gasteiger partial charge >= 0.3 is 0 Å². The summed E-state index contributed by atoms with van der Waals surface area (Å²) in [6.45, 7) is 4.18. The molecule has 2 aliphatic rings. The molecule has 3 aromatic rings. The summed E-state index contributed by atoms with van der Waals surface area (Å²) >= 11 is 0. The second-order valence-electron chi connectivity index (χ2n) is 10.0. The first-order valence-electron chi connectivity index (χ1n) is 13.8. The SMILES string of the molecule is CCc1ccc(OC[C@H]2c3cc(OC)c(OC)cc3CCN2C(=O)c2ccc(S(=O)(=O)N3CCOCC3)cc2)cc1. The third-order valence-electron chi connectivity index (χ3n) is 7.71. The summed E-state index contributed by atoms with van der Waals surface area (Å²) in [7, 11) is -0.466. The quantitative estimate of drug-likeness (QED) is 0.376. The van der Waals surface area contributed by atoms with Crippen LogP contribution in [0.15, 0.2) is 65.6 Å². The number of methoxy groups -OCH3 is 2. The molecule has 0 radical (unpaired) electrons. The lowest BCUT2D eigenvalue weighted by atomic mass is 9.91. The average Bonchev–Trinajstić information content (AvgIpc) is 3.03. The minimum Gasteiger partial charge on any atom is -0.493 e. The molecule has 2 aliphatic heterocycles. The van der Waals surface area contributed by atoms with Gasteiger partial charge in [0.1, 0.15) is 12.4 Å². The minimum absolute atomic E-state index is 0.159. The van der Waals surface area contributed by atoms with Gasteiger partial charge in [0.25, 0.3) is 5.91 Å². The van der Waals surface area contributed by atoms with Crippen LogP contribution in [-0.2, 0) is 27.6 Å². The second kappa shape index (κ2) is 12.5. The molecule has 0 bridgehead atoms. The molecule has 1 saturated heterocycles. The number of hydrogen-bond donors (Lipinski definition) is 0. The fraction of sp³-hybridized carbons (Fsp3) is 0.387. The van der Waals surface area contributed by atoms with E-state index in [1.54, 1.807) is 31.3 Å². The molecular weight excluding hydrogens is 544 g/mol. The Morgan fingerprint density at radius 2 is 1.59 bits per heavy atom. The van der Waals surface area contributed by atoms with Gasteiger partial charge in [0.15, 0.2) is 11.5 Å². The van der Waals surface area contributed by atoms with Gasteiger partial charge in [0, 0.05) is 25.2 Å². The van der Waals surface area contributed by atoms with E-state index in [4.69, 9.17) is 18.9 Å². The summed E-state index contributed by atoms with van der Waals surface area (Å²) in [6.07, 6.45) is 1.57. The van der Waals surface area contributed by atoms with E-state index < -0.39 is 16.1 Å². The highest BCUT2D eigenvalue weighted by molar-refractivity contribution is 7.89. The first-order valence-corrected chi connectivity index (χ1v) is 15.2. The fourth-order valence-electron chi connectivity index (χ4n) is 5.32. The molecule has 3 aromatic carbocycles. The van der Waals surface area contributed by atoms with Crippen LogP contribution in [0, 0.1) is 0 Å². The number of sulfonamides is 1. The Morgan fingerprint density at radius 3 is 2.22 bits per heavy atom. The van der Waals surface area contributed by atoms with Gasteiger partial charge in [0.05, 0.1) is 38.4 Å². The first-order chi connectivity index (χ1) is 19.8. The summed E-state index contributed by atoms with van der Waals surface area (Å²) < 4.78 is 50.2. The fourth-order valence-corrected chi connectivity index (χ4v) is 6.73. The molecule has 1 atom stereocenters. The topological polar surface area (TPSA) is 94.6 Å². The van der Waals surface area contributed by atoms with Gasteiger partial charge in [-0.15, -0.1) is 0 Å². The summed E-state index contributed by atoms with van der Waals surface area (Å²) in [5, 5.41) is 0. The standard InChI is InChI=1S/C31H36N2O7S/c1-4-22-5-9-25(10-6-22)40-21-28-27-20-30(38-3)29(37-2)19-24(27)13-14-33(28)31(34)23-7-11-26(12-8-23)41(35,36)32-15-17-39-18-16-32/h5-12,19-20,28H,4,13-18,21H2,1-3H3/t28-/m0/s1. The number of ether oxygens (including phenoxy) is 4. The Hall–Kier alpha value is -3.60. The van der Waals surface area contributed by atoms with Crippen LogP contribution in [0.3, 0.4) is 0 Å².